The van der Waals surface area contributed by atoms with Crippen molar-refractivity contribution < 1.29 is 23.5 Å². The molecule has 2 aliphatic rings. The van der Waals surface area contributed by atoms with Gasteiger partial charge in [0.25, 0.3) is 5.91 Å². The lowest BCUT2D eigenvalue weighted by molar-refractivity contribution is -0.156. The van der Waals surface area contributed by atoms with Crippen LogP contribution in [0.15, 0.2) is 27.4 Å². The molecule has 7 heteroatoms. The molecule has 7 nitrogen and oxygen atoms in total. The van der Waals surface area contributed by atoms with Crippen molar-refractivity contribution in [3.8, 4) is 5.75 Å². The predicted molar refractivity (Wildman–Crippen MR) is 106 cm³/mol. The lowest BCUT2D eigenvalue weighted by Gasteiger charge is -2.17. The van der Waals surface area contributed by atoms with Gasteiger partial charge in [0.2, 0.25) is 0 Å². The molecule has 1 heterocycles. The minimum Gasteiger partial charge on any atom is -0.482 e. The van der Waals surface area contributed by atoms with E-state index in [0.717, 1.165) is 61.5 Å². The lowest BCUT2D eigenvalue weighted by Crippen LogP contribution is -2.41. The highest BCUT2D eigenvalue weighted by Crippen LogP contribution is 2.29. The average molecular weight is 399 g/mol. The molecule has 1 aromatic carbocycles. The zero-order chi connectivity index (χ0) is 20.4. The molecule has 4 rings (SSSR count). The molecular weight excluding hydrogens is 374 g/mol. The Labute approximate surface area is 168 Å². The van der Waals surface area contributed by atoms with Gasteiger partial charge in [0.1, 0.15) is 11.3 Å². The summed E-state index contributed by atoms with van der Waals surface area (Å²) < 4.78 is 16.0. The standard InChI is InChI=1S/C22H25NO6/c1-13(21(25)23-14-5-2-3-6-14)28-20(24)12-27-15-9-10-17-16-7-4-8-18(16)22(26)29-19(17)11-15/h9-11,13-14H,2-8,12H2,1H3,(H,23,25)/t13-/m1/s1. The zero-order valence-electron chi connectivity index (χ0n) is 16.5. The van der Waals surface area contributed by atoms with Gasteiger partial charge in [0.05, 0.1) is 0 Å². The Balaban J connectivity index is 1.34. The number of ether oxygens (including phenoxy) is 2. The van der Waals surface area contributed by atoms with Crippen molar-refractivity contribution in [3.63, 3.8) is 0 Å². The summed E-state index contributed by atoms with van der Waals surface area (Å²) in [4.78, 5) is 36.2. The van der Waals surface area contributed by atoms with Crippen LogP contribution in [0.4, 0.5) is 0 Å². The predicted octanol–water partition coefficient (Wildman–Crippen LogP) is 2.65. The number of hydrogen-bond acceptors (Lipinski definition) is 6. The summed E-state index contributed by atoms with van der Waals surface area (Å²) in [7, 11) is 0. The van der Waals surface area contributed by atoms with Crippen LogP contribution in [0.3, 0.4) is 0 Å². The van der Waals surface area contributed by atoms with E-state index in [0.29, 0.717) is 11.3 Å². The first kappa shape index (κ1) is 19.5. The molecule has 0 unspecified atom stereocenters. The Bertz CT molecular complexity index is 989. The average Bonchev–Trinajstić information content (AvgIpc) is 3.38. The fourth-order valence-corrected chi connectivity index (χ4v) is 4.17. The maximum atomic E-state index is 12.1. The topological polar surface area (TPSA) is 94.8 Å². The van der Waals surface area contributed by atoms with Crippen molar-refractivity contribution in [2.75, 3.05) is 6.61 Å². The second-order valence-electron chi connectivity index (χ2n) is 7.77. The summed E-state index contributed by atoms with van der Waals surface area (Å²) in [6.45, 7) is 1.22. The third-order valence-corrected chi connectivity index (χ3v) is 5.68. The summed E-state index contributed by atoms with van der Waals surface area (Å²) in [5, 5.41) is 3.81. The molecule has 2 aliphatic carbocycles. The van der Waals surface area contributed by atoms with E-state index in [1.54, 1.807) is 19.1 Å². The summed E-state index contributed by atoms with van der Waals surface area (Å²) in [6.07, 6.45) is 5.87. The number of aryl methyl sites for hydroxylation is 1. The molecule has 1 fully saturated rings. The van der Waals surface area contributed by atoms with Crippen LogP contribution in [-0.4, -0.2) is 30.6 Å². The number of esters is 1. The second kappa shape index (κ2) is 8.27. The van der Waals surface area contributed by atoms with Crippen molar-refractivity contribution in [2.45, 2.75) is 64.0 Å². The molecule has 29 heavy (non-hydrogen) atoms. The van der Waals surface area contributed by atoms with Crippen LogP contribution in [-0.2, 0) is 27.2 Å². The number of rotatable bonds is 6. The fraction of sp³-hybridized carbons (Fsp3) is 0.500. The SMILES string of the molecule is C[C@@H](OC(=O)COc1ccc2c3c(c(=O)oc2c1)CCC3)C(=O)NC1CCCC1. The van der Waals surface area contributed by atoms with Crippen molar-refractivity contribution in [1.29, 1.82) is 0 Å². The number of benzene rings is 1. The first-order valence-electron chi connectivity index (χ1n) is 10.2. The number of amides is 1. The molecule has 0 spiro atoms. The van der Waals surface area contributed by atoms with Gasteiger partial charge in [-0.2, -0.15) is 0 Å². The first-order valence-corrected chi connectivity index (χ1v) is 10.2. The van der Waals surface area contributed by atoms with Crippen LogP contribution in [0.1, 0.15) is 50.2 Å². The van der Waals surface area contributed by atoms with Gasteiger partial charge in [-0.15, -0.1) is 0 Å². The molecule has 1 saturated carbocycles. The first-order chi connectivity index (χ1) is 14.0. The van der Waals surface area contributed by atoms with Gasteiger partial charge in [-0.05, 0) is 56.7 Å². The number of carbonyl (C=O) groups excluding carboxylic acids is 2. The molecule has 2 aromatic rings. The Morgan fingerprint density at radius 1 is 1.17 bits per heavy atom. The molecule has 1 amide bonds. The van der Waals surface area contributed by atoms with Crippen molar-refractivity contribution in [2.24, 2.45) is 0 Å². The summed E-state index contributed by atoms with van der Waals surface area (Å²) in [5.41, 5.74) is 1.96. The van der Waals surface area contributed by atoms with Crippen LogP contribution in [0.25, 0.3) is 11.0 Å². The molecule has 154 valence electrons. The van der Waals surface area contributed by atoms with Crippen LogP contribution < -0.4 is 15.7 Å². The van der Waals surface area contributed by atoms with Crippen LogP contribution in [0, 0.1) is 0 Å². The maximum absolute atomic E-state index is 12.1. The smallest absolute Gasteiger partial charge is 0.344 e. The summed E-state index contributed by atoms with van der Waals surface area (Å²) in [6, 6.07) is 5.37. The zero-order valence-corrected chi connectivity index (χ0v) is 16.5. The Morgan fingerprint density at radius 2 is 1.93 bits per heavy atom. The van der Waals surface area contributed by atoms with E-state index < -0.39 is 12.1 Å². The minimum absolute atomic E-state index is 0.175. The van der Waals surface area contributed by atoms with Crippen molar-refractivity contribution >= 4 is 22.8 Å². The molecule has 0 aliphatic heterocycles. The third-order valence-electron chi connectivity index (χ3n) is 5.68. The van der Waals surface area contributed by atoms with E-state index in [2.05, 4.69) is 5.32 Å². The van der Waals surface area contributed by atoms with Crippen LogP contribution >= 0.6 is 0 Å². The molecule has 0 bridgehead atoms. The van der Waals surface area contributed by atoms with Crippen LogP contribution in [0.2, 0.25) is 0 Å². The largest absolute Gasteiger partial charge is 0.482 e. The third kappa shape index (κ3) is 4.28. The van der Waals surface area contributed by atoms with Crippen molar-refractivity contribution in [1.82, 2.24) is 5.32 Å². The maximum Gasteiger partial charge on any atom is 0.344 e. The summed E-state index contributed by atoms with van der Waals surface area (Å²) >= 11 is 0. The quantitative estimate of drug-likeness (QED) is 0.593. The van der Waals surface area contributed by atoms with E-state index >= 15 is 0 Å². The molecular formula is C22H25NO6. The van der Waals surface area contributed by atoms with Gasteiger partial charge < -0.3 is 19.2 Å². The Hall–Kier alpha value is -2.83. The molecule has 1 atom stereocenters. The van der Waals surface area contributed by atoms with E-state index in [-0.39, 0.29) is 24.2 Å². The molecule has 1 N–H and O–H groups in total. The van der Waals surface area contributed by atoms with Gasteiger partial charge in [-0.3, -0.25) is 4.79 Å². The van der Waals surface area contributed by atoms with E-state index in [1.807, 2.05) is 6.07 Å². The van der Waals surface area contributed by atoms with Gasteiger partial charge in [0.15, 0.2) is 12.7 Å². The Kier molecular flexibility index (Phi) is 5.56. The highest BCUT2D eigenvalue weighted by Gasteiger charge is 2.23. The monoisotopic (exact) mass is 399 g/mol. The summed E-state index contributed by atoms with van der Waals surface area (Å²) in [5.74, 6) is -0.514. The van der Waals surface area contributed by atoms with E-state index in [1.165, 1.54) is 0 Å². The van der Waals surface area contributed by atoms with Gasteiger partial charge in [-0.1, -0.05) is 12.8 Å². The lowest BCUT2D eigenvalue weighted by atomic mass is 10.1. The number of hydrogen-bond donors (Lipinski definition) is 1. The molecule has 0 radical (unpaired) electrons. The van der Waals surface area contributed by atoms with E-state index in [9.17, 15) is 14.4 Å². The van der Waals surface area contributed by atoms with Gasteiger partial charge >= 0.3 is 11.6 Å². The van der Waals surface area contributed by atoms with Gasteiger partial charge in [-0.25, -0.2) is 9.59 Å². The number of carbonyl (C=O) groups is 2. The Morgan fingerprint density at radius 3 is 2.72 bits per heavy atom. The van der Waals surface area contributed by atoms with Crippen LogP contribution in [0.5, 0.6) is 5.75 Å². The minimum atomic E-state index is -0.871. The highest BCUT2D eigenvalue weighted by atomic mass is 16.6. The fourth-order valence-electron chi connectivity index (χ4n) is 4.17. The normalized spacial score (nSPS) is 17.1. The molecule has 1 aromatic heterocycles. The highest BCUT2D eigenvalue weighted by molar-refractivity contribution is 5.84. The second-order valence-corrected chi connectivity index (χ2v) is 7.77. The van der Waals surface area contributed by atoms with Crippen molar-refractivity contribution in [3.05, 3.63) is 39.7 Å². The number of fused-ring (bicyclic) bond motifs is 3. The van der Waals surface area contributed by atoms with Gasteiger partial charge in [0, 0.05) is 23.1 Å². The molecule has 0 saturated heterocycles. The number of nitrogens with one attached hydrogen (secondary N) is 1. The van der Waals surface area contributed by atoms with E-state index in [4.69, 9.17) is 13.9 Å².